The highest BCUT2D eigenvalue weighted by Gasteiger charge is 2.14. The predicted molar refractivity (Wildman–Crippen MR) is 74.7 cm³/mol. The molecule has 102 valence electrons. The Morgan fingerprint density at radius 1 is 1.47 bits per heavy atom. The topological polar surface area (TPSA) is 76.1 Å². The van der Waals surface area contributed by atoms with E-state index in [9.17, 15) is 13.2 Å². The molecule has 0 saturated heterocycles. The Balaban J connectivity index is 2.08. The normalized spacial score (nSPS) is 11.8. The molecular weight excluding hydrogens is 284 g/mol. The Bertz CT molecular complexity index is 692. The molecule has 0 unspecified atom stereocenters. The number of carbonyl (C=O) groups excluding carboxylic acids is 1. The number of hydrogen-bond acceptors (Lipinski definition) is 5. The molecule has 1 N–H and O–H groups in total. The van der Waals surface area contributed by atoms with Gasteiger partial charge in [0.2, 0.25) is 10.0 Å². The van der Waals surface area contributed by atoms with E-state index in [2.05, 4.69) is 9.71 Å². The molecule has 2 heterocycles. The molecule has 0 aromatic carbocycles. The average Bonchev–Trinajstić information content (AvgIpc) is 2.81. The fourth-order valence-electron chi connectivity index (χ4n) is 1.60. The highest BCUT2D eigenvalue weighted by Crippen LogP contribution is 2.21. The molecule has 0 aliphatic rings. The van der Waals surface area contributed by atoms with Crippen molar-refractivity contribution in [2.45, 2.75) is 24.7 Å². The molecule has 19 heavy (non-hydrogen) atoms. The van der Waals surface area contributed by atoms with Crippen LogP contribution in [0.4, 0.5) is 0 Å². The lowest BCUT2D eigenvalue weighted by Crippen LogP contribution is -2.25. The maximum Gasteiger partial charge on any atom is 0.242 e. The summed E-state index contributed by atoms with van der Waals surface area (Å²) in [6, 6.07) is 3.46. The number of Topliss-reactive ketones (excluding diaryl/α,β-unsaturated/α-hetero) is 1. The van der Waals surface area contributed by atoms with Gasteiger partial charge in [0.05, 0.1) is 10.2 Å². The molecular formula is C12H14N2O3S2. The lowest BCUT2D eigenvalue weighted by atomic mass is 10.2. The van der Waals surface area contributed by atoms with E-state index in [0.717, 1.165) is 10.2 Å². The predicted octanol–water partition coefficient (Wildman–Crippen LogP) is 1.94. The third-order valence-corrected chi connectivity index (χ3v) is 4.87. The molecule has 0 spiro atoms. The van der Waals surface area contributed by atoms with Gasteiger partial charge in [0.15, 0.2) is 0 Å². The second-order valence-electron chi connectivity index (χ2n) is 4.18. The zero-order chi connectivity index (χ0) is 13.9. The highest BCUT2D eigenvalue weighted by atomic mass is 32.2. The van der Waals surface area contributed by atoms with Crippen molar-refractivity contribution in [3.05, 3.63) is 23.7 Å². The largest absolute Gasteiger partial charge is 0.300 e. The fraction of sp³-hybridized carbons (Fsp3) is 0.333. The van der Waals surface area contributed by atoms with Gasteiger partial charge in [0, 0.05) is 19.2 Å². The van der Waals surface area contributed by atoms with Crippen LogP contribution in [0.2, 0.25) is 0 Å². The van der Waals surface area contributed by atoms with Gasteiger partial charge in [-0.15, -0.1) is 11.3 Å². The average molecular weight is 298 g/mol. The number of nitrogens with one attached hydrogen (secondary N) is 1. The van der Waals surface area contributed by atoms with E-state index in [4.69, 9.17) is 0 Å². The van der Waals surface area contributed by atoms with Gasteiger partial charge in [-0.05, 0) is 30.9 Å². The van der Waals surface area contributed by atoms with Crippen LogP contribution < -0.4 is 4.72 Å². The number of aromatic nitrogens is 1. The molecule has 2 aromatic rings. The zero-order valence-corrected chi connectivity index (χ0v) is 12.1. The monoisotopic (exact) mass is 298 g/mol. The summed E-state index contributed by atoms with van der Waals surface area (Å²) in [4.78, 5) is 15.0. The lowest BCUT2D eigenvalue weighted by molar-refractivity contribution is -0.117. The Morgan fingerprint density at radius 2 is 2.26 bits per heavy atom. The second kappa shape index (κ2) is 5.77. The molecule has 0 aliphatic carbocycles. The maximum absolute atomic E-state index is 12.0. The Labute approximate surface area is 115 Å². The van der Waals surface area contributed by atoms with Gasteiger partial charge in [0.25, 0.3) is 0 Å². The molecule has 2 aromatic heterocycles. The van der Waals surface area contributed by atoms with Gasteiger partial charge in [-0.1, -0.05) is 0 Å². The third kappa shape index (κ3) is 3.59. The van der Waals surface area contributed by atoms with E-state index in [-0.39, 0.29) is 17.2 Å². The smallest absolute Gasteiger partial charge is 0.242 e. The van der Waals surface area contributed by atoms with E-state index in [1.165, 1.54) is 24.5 Å². The van der Waals surface area contributed by atoms with Crippen molar-refractivity contribution < 1.29 is 13.2 Å². The van der Waals surface area contributed by atoms with Gasteiger partial charge in [0.1, 0.15) is 10.7 Å². The van der Waals surface area contributed by atoms with E-state index >= 15 is 0 Å². The van der Waals surface area contributed by atoms with Crippen LogP contribution in [0.1, 0.15) is 19.8 Å². The molecule has 0 radical (unpaired) electrons. The van der Waals surface area contributed by atoms with Crippen LogP contribution in [0, 0.1) is 0 Å². The molecule has 0 amide bonds. The van der Waals surface area contributed by atoms with Gasteiger partial charge in [-0.3, -0.25) is 4.98 Å². The summed E-state index contributed by atoms with van der Waals surface area (Å²) in [7, 11) is -3.54. The first kappa shape index (κ1) is 14.1. The Kier molecular flexibility index (Phi) is 4.28. The second-order valence-corrected chi connectivity index (χ2v) is 6.89. The van der Waals surface area contributed by atoms with Crippen molar-refractivity contribution >= 4 is 37.4 Å². The number of thiophene rings is 1. The number of sulfonamides is 1. The van der Waals surface area contributed by atoms with E-state index in [0.29, 0.717) is 12.8 Å². The van der Waals surface area contributed by atoms with Crippen LogP contribution in [-0.4, -0.2) is 25.7 Å². The standard InChI is InChI=1S/C12H14N2O3S2/c1-9(15)3-2-5-14-19(16,17)10-7-12-11(13-8-10)4-6-18-12/h4,6-8,14H,2-3,5H2,1H3. The summed E-state index contributed by atoms with van der Waals surface area (Å²) in [6.45, 7) is 1.74. The summed E-state index contributed by atoms with van der Waals surface area (Å²) in [6.07, 6.45) is 2.23. The summed E-state index contributed by atoms with van der Waals surface area (Å²) in [5.41, 5.74) is 0.792. The molecule has 0 atom stereocenters. The Morgan fingerprint density at radius 3 is 3.00 bits per heavy atom. The van der Waals surface area contributed by atoms with E-state index in [1.54, 1.807) is 6.07 Å². The van der Waals surface area contributed by atoms with Crippen molar-refractivity contribution in [2.75, 3.05) is 6.54 Å². The Hall–Kier alpha value is -1.31. The molecule has 0 fully saturated rings. The number of fused-ring (bicyclic) bond motifs is 1. The molecule has 5 nitrogen and oxygen atoms in total. The minimum absolute atomic E-state index is 0.0564. The molecule has 7 heteroatoms. The number of hydrogen-bond donors (Lipinski definition) is 1. The van der Waals surface area contributed by atoms with Gasteiger partial charge >= 0.3 is 0 Å². The SMILES string of the molecule is CC(=O)CCCNS(=O)(=O)c1cnc2ccsc2c1. The van der Waals surface area contributed by atoms with Crippen LogP contribution in [0.25, 0.3) is 10.2 Å². The molecule has 0 bridgehead atoms. The molecule has 0 aliphatic heterocycles. The van der Waals surface area contributed by atoms with E-state index in [1.807, 2.05) is 11.4 Å². The van der Waals surface area contributed by atoms with Gasteiger partial charge in [-0.2, -0.15) is 0 Å². The van der Waals surface area contributed by atoms with Crippen LogP contribution in [0.5, 0.6) is 0 Å². The minimum Gasteiger partial charge on any atom is -0.300 e. The number of pyridine rings is 1. The first-order chi connectivity index (χ1) is 8.99. The summed E-state index contributed by atoms with van der Waals surface area (Å²) < 4.78 is 27.3. The first-order valence-corrected chi connectivity index (χ1v) is 8.18. The first-order valence-electron chi connectivity index (χ1n) is 5.81. The molecule has 0 saturated carbocycles. The van der Waals surface area contributed by atoms with Crippen LogP contribution in [0.3, 0.4) is 0 Å². The fourth-order valence-corrected chi connectivity index (χ4v) is 3.50. The maximum atomic E-state index is 12.0. The van der Waals surface area contributed by atoms with Crippen molar-refractivity contribution in [2.24, 2.45) is 0 Å². The summed E-state index contributed by atoms with van der Waals surface area (Å²) in [5.74, 6) is 0.0564. The summed E-state index contributed by atoms with van der Waals surface area (Å²) in [5, 5.41) is 1.87. The molecule has 2 rings (SSSR count). The van der Waals surface area contributed by atoms with Gasteiger partial charge in [-0.25, -0.2) is 13.1 Å². The van der Waals surface area contributed by atoms with E-state index < -0.39 is 10.0 Å². The number of ketones is 1. The lowest BCUT2D eigenvalue weighted by Gasteiger charge is -2.05. The van der Waals surface area contributed by atoms with Crippen molar-refractivity contribution in [1.82, 2.24) is 9.71 Å². The van der Waals surface area contributed by atoms with Crippen LogP contribution >= 0.6 is 11.3 Å². The number of carbonyl (C=O) groups is 1. The van der Waals surface area contributed by atoms with Crippen molar-refractivity contribution in [3.63, 3.8) is 0 Å². The highest BCUT2D eigenvalue weighted by molar-refractivity contribution is 7.89. The number of rotatable bonds is 6. The third-order valence-electron chi connectivity index (χ3n) is 2.59. The number of nitrogens with zero attached hydrogens (tertiary/aromatic N) is 1. The van der Waals surface area contributed by atoms with Crippen LogP contribution in [0.15, 0.2) is 28.6 Å². The quantitative estimate of drug-likeness (QED) is 0.827. The summed E-state index contributed by atoms with van der Waals surface area (Å²) >= 11 is 1.45. The van der Waals surface area contributed by atoms with Crippen molar-refractivity contribution in [3.8, 4) is 0 Å². The minimum atomic E-state index is -3.54. The van der Waals surface area contributed by atoms with Crippen LogP contribution in [-0.2, 0) is 14.8 Å². The van der Waals surface area contributed by atoms with Gasteiger partial charge < -0.3 is 4.79 Å². The van der Waals surface area contributed by atoms with Crippen molar-refractivity contribution in [1.29, 1.82) is 0 Å². The zero-order valence-electron chi connectivity index (χ0n) is 10.4.